The van der Waals surface area contributed by atoms with Crippen molar-refractivity contribution in [3.8, 4) is 5.75 Å². The number of carbonyl (C=O) groups excluding carboxylic acids is 2. The van der Waals surface area contributed by atoms with Crippen LogP contribution in [0.25, 0.3) is 5.76 Å². The Hall–Kier alpha value is -3.02. The lowest BCUT2D eigenvalue weighted by atomic mass is 9.98. The molecule has 1 aliphatic rings. The van der Waals surface area contributed by atoms with E-state index in [1.165, 1.54) is 4.90 Å². The summed E-state index contributed by atoms with van der Waals surface area (Å²) in [5, 5.41) is 11.1. The number of Topliss-reactive ketones (excluding diaryl/α,β-unsaturated/α-hetero) is 1. The van der Waals surface area contributed by atoms with Crippen molar-refractivity contribution in [3.63, 3.8) is 0 Å². The fourth-order valence-electron chi connectivity index (χ4n) is 3.62. The van der Waals surface area contributed by atoms with Crippen LogP contribution in [-0.4, -0.2) is 34.8 Å². The van der Waals surface area contributed by atoms with Gasteiger partial charge < -0.3 is 19.2 Å². The second-order valence-corrected chi connectivity index (χ2v) is 8.13. The molecule has 1 atom stereocenters. The minimum atomic E-state index is -0.740. The Labute approximate surface area is 177 Å². The summed E-state index contributed by atoms with van der Waals surface area (Å²) < 4.78 is 11.5. The van der Waals surface area contributed by atoms with Gasteiger partial charge in [0.15, 0.2) is 0 Å². The molecule has 0 saturated carbocycles. The van der Waals surface area contributed by atoms with E-state index in [0.717, 1.165) is 11.3 Å². The summed E-state index contributed by atoms with van der Waals surface area (Å²) in [6.07, 6.45) is 0.685. The van der Waals surface area contributed by atoms with Crippen molar-refractivity contribution in [2.75, 3.05) is 13.2 Å². The third kappa shape index (κ3) is 4.13. The molecule has 6 heteroatoms. The summed E-state index contributed by atoms with van der Waals surface area (Å²) in [4.78, 5) is 27.0. The Kier molecular flexibility index (Phi) is 6.34. The van der Waals surface area contributed by atoms with Crippen molar-refractivity contribution in [1.29, 1.82) is 0 Å². The number of hydrogen-bond acceptors (Lipinski definition) is 5. The van der Waals surface area contributed by atoms with Crippen molar-refractivity contribution in [2.24, 2.45) is 5.92 Å². The summed E-state index contributed by atoms with van der Waals surface area (Å²) in [7, 11) is 0. The number of rotatable bonds is 7. The summed E-state index contributed by atoms with van der Waals surface area (Å²) in [5.74, 6) is 0.743. The zero-order valence-electron chi connectivity index (χ0n) is 18.2. The topological polar surface area (TPSA) is 80.0 Å². The van der Waals surface area contributed by atoms with Gasteiger partial charge in [-0.1, -0.05) is 20.8 Å². The summed E-state index contributed by atoms with van der Waals surface area (Å²) >= 11 is 0. The van der Waals surface area contributed by atoms with Crippen molar-refractivity contribution in [1.82, 2.24) is 4.90 Å². The number of amides is 1. The molecule has 0 bridgehead atoms. The third-order valence-corrected chi connectivity index (χ3v) is 5.06. The molecule has 0 spiro atoms. The Bertz CT molecular complexity index is 985. The van der Waals surface area contributed by atoms with Gasteiger partial charge in [-0.3, -0.25) is 9.59 Å². The predicted octanol–water partition coefficient (Wildman–Crippen LogP) is 4.76. The molecule has 160 valence electrons. The van der Waals surface area contributed by atoms with Gasteiger partial charge in [0.1, 0.15) is 29.1 Å². The molecule has 1 amide bonds. The maximum Gasteiger partial charge on any atom is 0.295 e. The number of ketones is 1. The number of carbonyl (C=O) groups is 2. The molecule has 0 radical (unpaired) electrons. The third-order valence-electron chi connectivity index (χ3n) is 5.06. The molecular formula is C24H29NO5. The normalized spacial score (nSPS) is 18.5. The monoisotopic (exact) mass is 411 g/mol. The van der Waals surface area contributed by atoms with Crippen LogP contribution in [0.5, 0.6) is 5.75 Å². The number of ether oxygens (including phenoxy) is 1. The van der Waals surface area contributed by atoms with Gasteiger partial charge in [-0.2, -0.15) is 0 Å². The van der Waals surface area contributed by atoms with E-state index in [-0.39, 0.29) is 11.3 Å². The second-order valence-electron chi connectivity index (χ2n) is 8.13. The lowest BCUT2D eigenvalue weighted by molar-refractivity contribution is -0.140. The standard InChI is InChI=1S/C24H29NO5/c1-6-11-25-21(19-9-7-16(5)30-19)20(23(27)24(25)28)22(26)17-8-10-18(15(4)12-17)29-13-14(2)3/h7-10,12,14,21,26H,6,11,13H2,1-5H3/b22-20-. The number of aliphatic hydroxyl groups excluding tert-OH is 1. The van der Waals surface area contributed by atoms with Crippen LogP contribution in [-0.2, 0) is 9.59 Å². The van der Waals surface area contributed by atoms with Crippen LogP contribution >= 0.6 is 0 Å². The SMILES string of the molecule is CCCN1C(=O)C(=O)/C(=C(\O)c2ccc(OCC(C)C)c(C)c2)C1c1ccc(C)o1. The van der Waals surface area contributed by atoms with Gasteiger partial charge in [0.05, 0.1) is 12.2 Å². The number of nitrogens with zero attached hydrogens (tertiary/aromatic N) is 1. The van der Waals surface area contributed by atoms with Gasteiger partial charge in [0.25, 0.3) is 11.7 Å². The molecular weight excluding hydrogens is 382 g/mol. The predicted molar refractivity (Wildman–Crippen MR) is 114 cm³/mol. The second kappa shape index (κ2) is 8.78. The minimum absolute atomic E-state index is 0.0537. The Morgan fingerprint density at radius 1 is 1.20 bits per heavy atom. The van der Waals surface area contributed by atoms with E-state index in [1.54, 1.807) is 37.3 Å². The van der Waals surface area contributed by atoms with E-state index in [0.29, 0.717) is 42.6 Å². The van der Waals surface area contributed by atoms with E-state index < -0.39 is 17.7 Å². The molecule has 1 N–H and O–H groups in total. The first-order valence-electron chi connectivity index (χ1n) is 10.3. The van der Waals surface area contributed by atoms with E-state index in [1.807, 2.05) is 13.8 Å². The molecule has 3 rings (SSSR count). The Morgan fingerprint density at radius 2 is 1.93 bits per heavy atom. The summed E-state index contributed by atoms with van der Waals surface area (Å²) in [5.41, 5.74) is 1.36. The Balaban J connectivity index is 2.06. The zero-order chi connectivity index (χ0) is 22.0. The smallest absolute Gasteiger partial charge is 0.295 e. The minimum Gasteiger partial charge on any atom is -0.507 e. The highest BCUT2D eigenvalue weighted by molar-refractivity contribution is 6.46. The number of furan rings is 1. The molecule has 2 heterocycles. The summed E-state index contributed by atoms with van der Waals surface area (Å²) in [6, 6.07) is 8.04. The number of benzene rings is 1. The summed E-state index contributed by atoms with van der Waals surface area (Å²) in [6.45, 7) is 10.7. The van der Waals surface area contributed by atoms with Crippen molar-refractivity contribution < 1.29 is 23.8 Å². The van der Waals surface area contributed by atoms with Crippen LogP contribution in [0, 0.1) is 19.8 Å². The van der Waals surface area contributed by atoms with Crippen LogP contribution in [0.1, 0.15) is 55.9 Å². The highest BCUT2D eigenvalue weighted by Gasteiger charge is 2.47. The first-order valence-corrected chi connectivity index (χ1v) is 10.3. The molecule has 2 aromatic rings. The molecule has 1 aliphatic heterocycles. The fourth-order valence-corrected chi connectivity index (χ4v) is 3.62. The highest BCUT2D eigenvalue weighted by Crippen LogP contribution is 2.40. The van der Waals surface area contributed by atoms with Crippen LogP contribution < -0.4 is 4.74 Å². The molecule has 1 saturated heterocycles. The molecule has 6 nitrogen and oxygen atoms in total. The maximum absolute atomic E-state index is 12.8. The lowest BCUT2D eigenvalue weighted by Gasteiger charge is -2.22. The zero-order valence-corrected chi connectivity index (χ0v) is 18.2. The van der Waals surface area contributed by atoms with Crippen molar-refractivity contribution in [2.45, 2.75) is 47.1 Å². The van der Waals surface area contributed by atoms with Gasteiger partial charge >= 0.3 is 0 Å². The molecule has 0 aliphatic carbocycles. The van der Waals surface area contributed by atoms with Crippen molar-refractivity contribution in [3.05, 3.63) is 58.6 Å². The van der Waals surface area contributed by atoms with E-state index in [9.17, 15) is 14.7 Å². The first-order chi connectivity index (χ1) is 14.2. The highest BCUT2D eigenvalue weighted by atomic mass is 16.5. The van der Waals surface area contributed by atoms with E-state index >= 15 is 0 Å². The van der Waals surface area contributed by atoms with Gasteiger partial charge in [-0.15, -0.1) is 0 Å². The van der Waals surface area contributed by atoms with Crippen LogP contribution in [0.2, 0.25) is 0 Å². The van der Waals surface area contributed by atoms with Gasteiger partial charge in [-0.25, -0.2) is 0 Å². The average molecular weight is 411 g/mol. The molecule has 1 aromatic carbocycles. The first kappa shape index (κ1) is 21.7. The maximum atomic E-state index is 12.8. The van der Waals surface area contributed by atoms with E-state index in [4.69, 9.17) is 9.15 Å². The average Bonchev–Trinajstić information content (AvgIpc) is 3.23. The van der Waals surface area contributed by atoms with Gasteiger partial charge in [0.2, 0.25) is 0 Å². The number of hydrogen-bond donors (Lipinski definition) is 1. The van der Waals surface area contributed by atoms with E-state index in [2.05, 4.69) is 13.8 Å². The van der Waals surface area contributed by atoms with Crippen molar-refractivity contribution >= 4 is 17.4 Å². The Morgan fingerprint density at radius 3 is 2.50 bits per heavy atom. The van der Waals surface area contributed by atoms with Crippen LogP contribution in [0.3, 0.4) is 0 Å². The molecule has 1 aromatic heterocycles. The fraction of sp³-hybridized carbons (Fsp3) is 0.417. The molecule has 1 unspecified atom stereocenters. The number of aryl methyl sites for hydroxylation is 2. The van der Waals surface area contributed by atoms with Crippen LogP contribution in [0.4, 0.5) is 0 Å². The van der Waals surface area contributed by atoms with Gasteiger partial charge in [-0.05, 0) is 62.1 Å². The number of likely N-dealkylation sites (tertiary alicyclic amines) is 1. The van der Waals surface area contributed by atoms with Crippen LogP contribution in [0.15, 0.2) is 40.3 Å². The molecule has 30 heavy (non-hydrogen) atoms. The lowest BCUT2D eigenvalue weighted by Crippen LogP contribution is -2.30. The van der Waals surface area contributed by atoms with Gasteiger partial charge in [0, 0.05) is 12.1 Å². The largest absolute Gasteiger partial charge is 0.507 e. The molecule has 1 fully saturated rings. The number of aliphatic hydroxyl groups is 1. The quantitative estimate of drug-likeness (QED) is 0.404.